The molecule has 3 saturated heterocycles. The van der Waals surface area contributed by atoms with Crippen LogP contribution in [-0.4, -0.2) is 147 Å². The Labute approximate surface area is 296 Å². The summed E-state index contributed by atoms with van der Waals surface area (Å²) < 4.78 is 12.2. The number of carbonyl (C=O) groups is 3. The molecule has 1 atom stereocenters. The number of hydrogen-bond donors (Lipinski definition) is 1. The predicted molar refractivity (Wildman–Crippen MR) is 193 cm³/mol. The number of hydrogen-bond acceptors (Lipinski definition) is 8. The molecule has 0 radical (unpaired) electrons. The number of ether oxygens (including phenoxy) is 2. The lowest BCUT2D eigenvalue weighted by Crippen LogP contribution is -2.54. The highest BCUT2D eigenvalue weighted by Crippen LogP contribution is 2.36. The first kappa shape index (κ1) is 34.4. The zero-order chi connectivity index (χ0) is 34.8. The largest absolute Gasteiger partial charge is 0.490 e. The molecule has 7 rings (SSSR count). The zero-order valence-corrected chi connectivity index (χ0v) is 29.9. The van der Waals surface area contributed by atoms with Crippen molar-refractivity contribution in [2.24, 2.45) is 0 Å². The lowest BCUT2D eigenvalue weighted by Gasteiger charge is -2.42. The van der Waals surface area contributed by atoms with Gasteiger partial charge in [-0.25, -0.2) is 9.59 Å². The number of benzene rings is 2. The molecule has 4 amide bonds. The van der Waals surface area contributed by atoms with Crippen LogP contribution in [-0.2, 0) is 22.4 Å². The molecule has 2 aromatic rings. The molecule has 2 aromatic carbocycles. The summed E-state index contributed by atoms with van der Waals surface area (Å²) in [6.07, 6.45) is 2.85. The lowest BCUT2D eigenvalue weighted by atomic mass is 9.99. The zero-order valence-electron chi connectivity index (χ0n) is 29.9. The number of likely N-dealkylation sites (N-methyl/N-ethyl adjacent to an activating group) is 2. The number of rotatable bonds is 6. The van der Waals surface area contributed by atoms with Crippen LogP contribution in [0.3, 0.4) is 0 Å². The van der Waals surface area contributed by atoms with Crippen LogP contribution in [0.15, 0.2) is 36.4 Å². The second-order valence-electron chi connectivity index (χ2n) is 14.8. The van der Waals surface area contributed by atoms with E-state index in [0.29, 0.717) is 58.2 Å². The number of piperidine rings is 2. The Hall–Kier alpha value is -4.03. The van der Waals surface area contributed by atoms with E-state index >= 15 is 0 Å². The minimum Gasteiger partial charge on any atom is -0.490 e. The van der Waals surface area contributed by atoms with Crippen molar-refractivity contribution in [3.05, 3.63) is 53.1 Å². The van der Waals surface area contributed by atoms with Crippen molar-refractivity contribution in [3.8, 4) is 5.75 Å². The molecule has 3 fully saturated rings. The number of fused-ring (bicyclic) bond motifs is 2. The van der Waals surface area contributed by atoms with E-state index in [9.17, 15) is 14.4 Å². The van der Waals surface area contributed by atoms with Gasteiger partial charge in [0, 0.05) is 90.1 Å². The minimum atomic E-state index is -0.936. The fraction of sp³-hybridized carbons (Fsp3) is 0.605. The van der Waals surface area contributed by atoms with Gasteiger partial charge in [0.2, 0.25) is 0 Å². The number of para-hydroxylation sites is 1. The van der Waals surface area contributed by atoms with Crippen molar-refractivity contribution in [3.63, 3.8) is 0 Å². The average molecular weight is 688 g/mol. The molecule has 0 aliphatic carbocycles. The molecule has 5 heterocycles. The molecule has 50 heavy (non-hydrogen) atoms. The second kappa shape index (κ2) is 15.1. The SMILES string of the molecule is Cc1cc(C[C@@H](OC(=O)N2CCC(N3CCc4ccccc4NC3=O)CC2)C(=O)N2CCC(N3CCN(C)CC3)CC2)cc2c1N(C)CCO2. The second-order valence-corrected chi connectivity index (χ2v) is 14.8. The maximum absolute atomic E-state index is 14.2. The van der Waals surface area contributed by atoms with Crippen LogP contribution in [0.4, 0.5) is 21.0 Å². The molecule has 0 spiro atoms. The molecule has 0 saturated carbocycles. The van der Waals surface area contributed by atoms with Crippen LogP contribution in [0.25, 0.3) is 0 Å². The summed E-state index contributed by atoms with van der Waals surface area (Å²) in [6.45, 7) is 10.7. The number of anilines is 2. The summed E-state index contributed by atoms with van der Waals surface area (Å²) in [4.78, 5) is 53.8. The van der Waals surface area contributed by atoms with Crippen LogP contribution in [0.1, 0.15) is 42.4 Å². The maximum atomic E-state index is 14.2. The number of amides is 4. The smallest absolute Gasteiger partial charge is 0.410 e. The van der Waals surface area contributed by atoms with Crippen LogP contribution in [0, 0.1) is 6.92 Å². The van der Waals surface area contributed by atoms with Crippen molar-refractivity contribution in [2.45, 2.75) is 63.6 Å². The summed E-state index contributed by atoms with van der Waals surface area (Å²) in [5.41, 5.74) is 5.06. The van der Waals surface area contributed by atoms with Gasteiger partial charge in [-0.1, -0.05) is 24.3 Å². The van der Waals surface area contributed by atoms with E-state index in [1.54, 1.807) is 4.90 Å². The highest BCUT2D eigenvalue weighted by atomic mass is 16.6. The summed E-state index contributed by atoms with van der Waals surface area (Å²) >= 11 is 0. The Balaban J connectivity index is 1.01. The average Bonchev–Trinajstić information content (AvgIpc) is 3.29. The van der Waals surface area contributed by atoms with E-state index < -0.39 is 12.2 Å². The van der Waals surface area contributed by atoms with Crippen LogP contribution in [0.5, 0.6) is 5.75 Å². The van der Waals surface area contributed by atoms with E-state index in [0.717, 1.165) is 85.8 Å². The molecule has 5 aliphatic rings. The van der Waals surface area contributed by atoms with Crippen LogP contribution < -0.4 is 15.0 Å². The summed E-state index contributed by atoms with van der Waals surface area (Å²) in [5.74, 6) is 0.682. The summed E-state index contributed by atoms with van der Waals surface area (Å²) in [6, 6.07) is 12.5. The van der Waals surface area contributed by atoms with Gasteiger partial charge in [-0.2, -0.15) is 0 Å². The van der Waals surface area contributed by atoms with E-state index in [4.69, 9.17) is 9.47 Å². The number of aryl methyl sites for hydroxylation is 1. The Kier molecular flexibility index (Phi) is 10.4. The Morgan fingerprint density at radius 3 is 2.34 bits per heavy atom. The van der Waals surface area contributed by atoms with E-state index in [2.05, 4.69) is 53.2 Å². The van der Waals surface area contributed by atoms with Gasteiger partial charge in [0.25, 0.3) is 5.91 Å². The maximum Gasteiger partial charge on any atom is 0.410 e. The summed E-state index contributed by atoms with van der Waals surface area (Å²) in [7, 11) is 4.24. The Bertz CT molecular complexity index is 1550. The van der Waals surface area contributed by atoms with Gasteiger partial charge in [0.05, 0.1) is 12.2 Å². The Morgan fingerprint density at radius 2 is 1.58 bits per heavy atom. The molecule has 0 aromatic heterocycles. The normalized spacial score (nSPS) is 21.9. The molecule has 12 nitrogen and oxygen atoms in total. The van der Waals surface area contributed by atoms with Crippen molar-refractivity contribution in [2.75, 3.05) is 96.4 Å². The molecular weight excluding hydrogens is 634 g/mol. The van der Waals surface area contributed by atoms with Crippen LogP contribution in [0.2, 0.25) is 0 Å². The fourth-order valence-electron chi connectivity index (χ4n) is 8.47. The molecule has 1 N–H and O–H groups in total. The highest BCUT2D eigenvalue weighted by molar-refractivity contribution is 5.91. The highest BCUT2D eigenvalue weighted by Gasteiger charge is 2.37. The third kappa shape index (κ3) is 7.51. The topological polar surface area (TPSA) is 101 Å². The molecule has 0 unspecified atom stereocenters. The predicted octanol–water partition coefficient (Wildman–Crippen LogP) is 3.66. The Morgan fingerprint density at radius 1 is 0.880 bits per heavy atom. The third-order valence-electron chi connectivity index (χ3n) is 11.5. The van der Waals surface area contributed by atoms with E-state index in [1.165, 1.54) is 0 Å². The number of likely N-dealkylation sites (tertiary alicyclic amines) is 2. The van der Waals surface area contributed by atoms with Gasteiger partial charge in [0.15, 0.2) is 6.10 Å². The van der Waals surface area contributed by atoms with Crippen LogP contribution >= 0.6 is 0 Å². The van der Waals surface area contributed by atoms with Gasteiger partial charge in [-0.05, 0) is 74.9 Å². The molecule has 0 bridgehead atoms. The van der Waals surface area contributed by atoms with E-state index in [-0.39, 0.29) is 24.4 Å². The molecule has 270 valence electrons. The van der Waals surface area contributed by atoms with Crippen molar-refractivity contribution in [1.29, 1.82) is 0 Å². The molecule has 5 aliphatic heterocycles. The molecular formula is C38H53N7O5. The van der Waals surface area contributed by atoms with Gasteiger partial charge in [-0.3, -0.25) is 9.69 Å². The number of carbonyl (C=O) groups excluding carboxylic acids is 3. The van der Waals surface area contributed by atoms with Crippen molar-refractivity contribution >= 4 is 29.4 Å². The number of nitrogens with zero attached hydrogens (tertiary/aromatic N) is 6. The first-order valence-electron chi connectivity index (χ1n) is 18.5. The number of piperazine rings is 1. The number of urea groups is 1. The quantitative estimate of drug-likeness (QED) is 0.492. The van der Waals surface area contributed by atoms with Gasteiger partial charge >= 0.3 is 12.1 Å². The van der Waals surface area contributed by atoms with Gasteiger partial charge in [0.1, 0.15) is 12.4 Å². The summed E-state index contributed by atoms with van der Waals surface area (Å²) in [5, 5.41) is 3.07. The minimum absolute atomic E-state index is 0.0315. The monoisotopic (exact) mass is 687 g/mol. The first-order valence-corrected chi connectivity index (χ1v) is 18.5. The lowest BCUT2D eigenvalue weighted by molar-refractivity contribution is -0.142. The van der Waals surface area contributed by atoms with Crippen molar-refractivity contribution < 1.29 is 23.9 Å². The van der Waals surface area contributed by atoms with E-state index in [1.807, 2.05) is 34.1 Å². The number of nitrogens with one attached hydrogen (secondary N) is 1. The first-order chi connectivity index (χ1) is 24.2. The standard InChI is InChI=1S/C38H53N7O5/c1-27-24-28(25-33-35(27)41(3)22-23-49-33)26-34(36(46)43-13-9-30(10-14-43)42-20-18-40(2)19-21-42)50-38(48)44-15-11-31(12-16-44)45-17-8-29-6-4-5-7-32(29)39-37(45)47/h4-7,24-25,30-31,34H,8-23,26H2,1-3H3,(H,39,47)/t34-/m1/s1. The fourth-order valence-corrected chi connectivity index (χ4v) is 8.47. The van der Waals surface area contributed by atoms with Gasteiger partial charge < -0.3 is 39.3 Å². The third-order valence-corrected chi connectivity index (χ3v) is 11.5. The van der Waals surface area contributed by atoms with Gasteiger partial charge in [-0.15, -0.1) is 0 Å². The van der Waals surface area contributed by atoms with Crippen molar-refractivity contribution in [1.82, 2.24) is 24.5 Å². The molecule has 12 heteroatoms.